The van der Waals surface area contributed by atoms with E-state index in [4.69, 9.17) is 9.84 Å². The molecule has 0 radical (unpaired) electrons. The highest BCUT2D eigenvalue weighted by molar-refractivity contribution is 6.29. The van der Waals surface area contributed by atoms with Gasteiger partial charge in [-0.1, -0.05) is 36.4 Å². The first-order valence-electron chi connectivity index (χ1n) is 5.79. The summed E-state index contributed by atoms with van der Waals surface area (Å²) in [5, 5.41) is 8.85. The number of benzene rings is 2. The van der Waals surface area contributed by atoms with E-state index in [0.717, 1.165) is 0 Å². The SMILES string of the molecule is O=C1c2ccccc2C(=O)c2c(OCO)cccc21. The van der Waals surface area contributed by atoms with E-state index < -0.39 is 6.79 Å². The van der Waals surface area contributed by atoms with Crippen LogP contribution < -0.4 is 4.74 Å². The molecule has 4 heteroatoms. The number of ketones is 2. The van der Waals surface area contributed by atoms with Crippen molar-refractivity contribution in [3.05, 3.63) is 64.7 Å². The Morgan fingerprint density at radius 1 is 0.842 bits per heavy atom. The lowest BCUT2D eigenvalue weighted by Crippen LogP contribution is -2.21. The van der Waals surface area contributed by atoms with Gasteiger partial charge in [0, 0.05) is 16.7 Å². The molecule has 0 bridgehead atoms. The summed E-state index contributed by atoms with van der Waals surface area (Å²) in [5.74, 6) is -0.226. The fourth-order valence-corrected chi connectivity index (χ4v) is 2.30. The Morgan fingerprint density at radius 3 is 2.16 bits per heavy atom. The maximum atomic E-state index is 12.4. The minimum Gasteiger partial charge on any atom is -0.467 e. The van der Waals surface area contributed by atoms with E-state index in [1.165, 1.54) is 0 Å². The van der Waals surface area contributed by atoms with Crippen molar-refractivity contribution >= 4 is 11.6 Å². The summed E-state index contributed by atoms with van der Waals surface area (Å²) in [5.41, 5.74) is 1.31. The molecule has 0 saturated carbocycles. The minimum absolute atomic E-state index is 0.200. The van der Waals surface area contributed by atoms with Crippen LogP contribution in [0.25, 0.3) is 0 Å². The molecular formula is C15H10O4. The minimum atomic E-state index is -0.542. The van der Waals surface area contributed by atoms with E-state index in [2.05, 4.69) is 0 Å². The van der Waals surface area contributed by atoms with Crippen LogP contribution in [0, 0.1) is 0 Å². The second kappa shape index (κ2) is 4.33. The quantitative estimate of drug-likeness (QED) is 0.708. The van der Waals surface area contributed by atoms with Crippen LogP contribution in [0.4, 0.5) is 0 Å². The standard InChI is InChI=1S/C15H10O4/c16-8-19-12-7-3-6-11-13(12)15(18)10-5-2-1-4-9(10)14(11)17/h1-7,16H,8H2. The summed E-state index contributed by atoms with van der Waals surface area (Å²) in [6.45, 7) is -0.542. The van der Waals surface area contributed by atoms with E-state index in [0.29, 0.717) is 16.7 Å². The van der Waals surface area contributed by atoms with Gasteiger partial charge in [-0.15, -0.1) is 0 Å². The van der Waals surface area contributed by atoms with Gasteiger partial charge in [0.2, 0.25) is 0 Å². The van der Waals surface area contributed by atoms with E-state index in [9.17, 15) is 9.59 Å². The molecule has 0 saturated heterocycles. The lowest BCUT2D eigenvalue weighted by molar-refractivity contribution is 0.0910. The predicted molar refractivity (Wildman–Crippen MR) is 67.5 cm³/mol. The van der Waals surface area contributed by atoms with Gasteiger partial charge >= 0.3 is 0 Å². The van der Waals surface area contributed by atoms with Crippen molar-refractivity contribution < 1.29 is 19.4 Å². The van der Waals surface area contributed by atoms with Gasteiger partial charge in [0.25, 0.3) is 0 Å². The summed E-state index contributed by atoms with van der Waals surface area (Å²) in [4.78, 5) is 24.8. The second-order valence-corrected chi connectivity index (χ2v) is 4.16. The Hall–Kier alpha value is -2.46. The van der Waals surface area contributed by atoms with Crippen LogP contribution in [-0.2, 0) is 0 Å². The van der Waals surface area contributed by atoms with Crippen LogP contribution in [0.2, 0.25) is 0 Å². The third kappa shape index (κ3) is 1.65. The Balaban J connectivity index is 2.27. The van der Waals surface area contributed by atoms with E-state index >= 15 is 0 Å². The Kier molecular flexibility index (Phi) is 2.65. The maximum absolute atomic E-state index is 12.4. The number of carbonyl (C=O) groups is 2. The number of hydrogen-bond acceptors (Lipinski definition) is 4. The fraction of sp³-hybridized carbons (Fsp3) is 0.0667. The Labute approximate surface area is 109 Å². The molecule has 1 aliphatic rings. The maximum Gasteiger partial charge on any atom is 0.198 e. The Morgan fingerprint density at radius 2 is 1.47 bits per heavy atom. The molecule has 0 fully saturated rings. The first-order valence-corrected chi connectivity index (χ1v) is 5.79. The number of aliphatic hydroxyl groups excluding tert-OH is 1. The average Bonchev–Trinajstić information content (AvgIpc) is 2.45. The molecule has 3 rings (SSSR count). The van der Waals surface area contributed by atoms with Crippen LogP contribution in [0.3, 0.4) is 0 Å². The second-order valence-electron chi connectivity index (χ2n) is 4.16. The molecule has 0 aromatic heterocycles. The monoisotopic (exact) mass is 254 g/mol. The summed E-state index contributed by atoms with van der Waals surface area (Å²) in [6.07, 6.45) is 0. The molecule has 0 amide bonds. The third-order valence-corrected chi connectivity index (χ3v) is 3.13. The summed E-state index contributed by atoms with van der Waals surface area (Å²) >= 11 is 0. The molecule has 0 atom stereocenters. The van der Waals surface area contributed by atoms with Crippen molar-refractivity contribution in [2.45, 2.75) is 0 Å². The molecule has 0 heterocycles. The highest BCUT2D eigenvalue weighted by atomic mass is 16.6. The van der Waals surface area contributed by atoms with Crippen LogP contribution >= 0.6 is 0 Å². The number of hydrogen-bond donors (Lipinski definition) is 1. The van der Waals surface area contributed by atoms with Crippen molar-refractivity contribution in [1.29, 1.82) is 0 Å². The lowest BCUT2D eigenvalue weighted by Gasteiger charge is -2.19. The van der Waals surface area contributed by atoms with Crippen molar-refractivity contribution in [3.8, 4) is 5.75 Å². The zero-order chi connectivity index (χ0) is 13.4. The van der Waals surface area contributed by atoms with Gasteiger partial charge in [0.1, 0.15) is 5.75 Å². The van der Waals surface area contributed by atoms with Crippen LogP contribution in [0.5, 0.6) is 5.75 Å². The van der Waals surface area contributed by atoms with Gasteiger partial charge in [-0.2, -0.15) is 0 Å². The van der Waals surface area contributed by atoms with Crippen molar-refractivity contribution in [3.63, 3.8) is 0 Å². The first-order chi connectivity index (χ1) is 9.24. The molecule has 2 aromatic carbocycles. The van der Waals surface area contributed by atoms with E-state index in [1.54, 1.807) is 42.5 Å². The number of rotatable bonds is 2. The zero-order valence-electron chi connectivity index (χ0n) is 9.92. The number of aliphatic hydroxyl groups is 1. The van der Waals surface area contributed by atoms with Crippen molar-refractivity contribution in [1.82, 2.24) is 0 Å². The van der Waals surface area contributed by atoms with Crippen molar-refractivity contribution in [2.75, 3.05) is 6.79 Å². The van der Waals surface area contributed by atoms with Gasteiger partial charge < -0.3 is 9.84 Å². The smallest absolute Gasteiger partial charge is 0.198 e. The molecule has 1 aliphatic carbocycles. The van der Waals surface area contributed by atoms with Crippen LogP contribution in [0.15, 0.2) is 42.5 Å². The molecule has 4 nitrogen and oxygen atoms in total. The van der Waals surface area contributed by atoms with E-state index in [-0.39, 0.29) is 22.9 Å². The number of carbonyl (C=O) groups excluding carboxylic acids is 2. The zero-order valence-corrected chi connectivity index (χ0v) is 9.92. The first kappa shape index (κ1) is 11.6. The molecule has 2 aromatic rings. The largest absolute Gasteiger partial charge is 0.467 e. The molecule has 94 valence electrons. The molecule has 0 spiro atoms. The highest BCUT2D eigenvalue weighted by Crippen LogP contribution is 2.32. The molecule has 1 N–H and O–H groups in total. The Bertz CT molecular complexity index is 688. The summed E-state index contributed by atoms with van der Waals surface area (Å²) in [6, 6.07) is 11.5. The molecule has 0 aliphatic heterocycles. The van der Waals surface area contributed by atoms with Gasteiger partial charge in [-0.25, -0.2) is 0 Å². The van der Waals surface area contributed by atoms with Gasteiger partial charge in [-0.05, 0) is 6.07 Å². The van der Waals surface area contributed by atoms with Gasteiger partial charge in [0.15, 0.2) is 18.4 Å². The van der Waals surface area contributed by atoms with Gasteiger partial charge in [0.05, 0.1) is 5.56 Å². The average molecular weight is 254 g/mol. The van der Waals surface area contributed by atoms with Crippen molar-refractivity contribution in [2.24, 2.45) is 0 Å². The number of fused-ring (bicyclic) bond motifs is 2. The summed E-state index contributed by atoms with van der Waals surface area (Å²) < 4.78 is 5.02. The molecule has 19 heavy (non-hydrogen) atoms. The number of ether oxygens (including phenoxy) is 1. The highest BCUT2D eigenvalue weighted by Gasteiger charge is 2.31. The van der Waals surface area contributed by atoms with Gasteiger partial charge in [-0.3, -0.25) is 9.59 Å². The normalized spacial score (nSPS) is 12.9. The topological polar surface area (TPSA) is 63.6 Å². The molecule has 0 unspecified atom stereocenters. The fourth-order valence-electron chi connectivity index (χ4n) is 2.30. The van der Waals surface area contributed by atoms with Crippen LogP contribution in [-0.4, -0.2) is 23.5 Å². The lowest BCUT2D eigenvalue weighted by atomic mass is 9.84. The molecular weight excluding hydrogens is 244 g/mol. The third-order valence-electron chi connectivity index (χ3n) is 3.13. The van der Waals surface area contributed by atoms with E-state index in [1.807, 2.05) is 0 Å². The van der Waals surface area contributed by atoms with Crippen LogP contribution in [0.1, 0.15) is 31.8 Å². The summed E-state index contributed by atoms with van der Waals surface area (Å²) in [7, 11) is 0. The predicted octanol–water partition coefficient (Wildman–Crippen LogP) is 1.79.